The maximum Gasteiger partial charge on any atom is 0.220 e. The molecule has 2 aliphatic heterocycles. The van der Waals surface area contributed by atoms with Gasteiger partial charge < -0.3 is 65.1 Å². The highest BCUT2D eigenvalue weighted by Gasteiger charge is 2.51. The van der Waals surface area contributed by atoms with Gasteiger partial charge >= 0.3 is 0 Å². The summed E-state index contributed by atoms with van der Waals surface area (Å²) in [5.74, 6) is -0.198. The van der Waals surface area contributed by atoms with E-state index in [2.05, 4.69) is 19.2 Å². The van der Waals surface area contributed by atoms with E-state index in [0.29, 0.717) is 12.8 Å². The third-order valence-corrected chi connectivity index (χ3v) is 17.8. The van der Waals surface area contributed by atoms with Gasteiger partial charge in [-0.3, -0.25) is 4.79 Å². The van der Waals surface area contributed by atoms with Gasteiger partial charge in [0.05, 0.1) is 32.0 Å². The van der Waals surface area contributed by atoms with Crippen LogP contribution in [0.25, 0.3) is 0 Å². The van der Waals surface area contributed by atoms with Crippen LogP contribution in [0.5, 0.6) is 0 Å². The van der Waals surface area contributed by atoms with Crippen molar-refractivity contribution in [1.29, 1.82) is 0 Å². The molecule has 0 radical (unpaired) electrons. The fourth-order valence-electron chi connectivity index (χ4n) is 12.2. The van der Waals surface area contributed by atoms with Gasteiger partial charge in [-0.1, -0.05) is 316 Å². The third-order valence-electron chi connectivity index (χ3n) is 17.8. The van der Waals surface area contributed by atoms with Gasteiger partial charge in [0.25, 0.3) is 0 Å². The van der Waals surface area contributed by atoms with Crippen molar-refractivity contribution < 1.29 is 64.6 Å². The van der Waals surface area contributed by atoms with Gasteiger partial charge in [0.15, 0.2) is 12.6 Å². The maximum absolute atomic E-state index is 13.3. The lowest BCUT2D eigenvalue weighted by Gasteiger charge is -2.46. The standard InChI is InChI=1S/C68H133NO13/c1-3-5-7-9-11-13-15-17-19-21-22-23-24-25-26-27-28-29-30-31-32-33-34-35-36-38-40-42-44-46-48-50-52-60(73)69-56(57(72)51-49-47-45-43-41-39-37-20-18-16-14-12-10-8-6-4-2)55-79-67-65(78)63(76)66(59(54-71)81-67)82-68-64(77)62(75)61(74)58(53-70)80-68/h56-59,61-68,70-72,74-78H,3-55H2,1-2H3,(H,69,73). The normalized spacial score (nSPS) is 23.8. The van der Waals surface area contributed by atoms with Crippen molar-refractivity contribution >= 4 is 5.91 Å². The fourth-order valence-corrected chi connectivity index (χ4v) is 12.2. The van der Waals surface area contributed by atoms with Crippen LogP contribution in [0.3, 0.4) is 0 Å². The summed E-state index contributed by atoms with van der Waals surface area (Å²) in [6.45, 7) is 2.92. The van der Waals surface area contributed by atoms with Gasteiger partial charge in [-0.2, -0.15) is 0 Å². The van der Waals surface area contributed by atoms with Crippen LogP contribution >= 0.6 is 0 Å². The van der Waals surface area contributed by atoms with Gasteiger partial charge in [0.1, 0.15) is 48.8 Å². The number of aliphatic hydroxyl groups is 8. The number of rotatable bonds is 59. The smallest absolute Gasteiger partial charge is 0.220 e. The van der Waals surface area contributed by atoms with Crippen LogP contribution in [0.4, 0.5) is 0 Å². The van der Waals surface area contributed by atoms with E-state index in [-0.39, 0.29) is 12.5 Å². The van der Waals surface area contributed by atoms with Crippen LogP contribution in [0.15, 0.2) is 0 Å². The fraction of sp³-hybridized carbons (Fsp3) is 0.985. The lowest BCUT2D eigenvalue weighted by Crippen LogP contribution is -2.65. The lowest BCUT2D eigenvalue weighted by atomic mass is 9.97. The first kappa shape index (κ1) is 77.1. The topological polar surface area (TPSA) is 228 Å². The Bertz CT molecular complexity index is 1380. The van der Waals surface area contributed by atoms with Crippen LogP contribution < -0.4 is 5.32 Å². The van der Waals surface area contributed by atoms with Crippen molar-refractivity contribution in [1.82, 2.24) is 5.32 Å². The van der Waals surface area contributed by atoms with E-state index in [4.69, 9.17) is 18.9 Å². The average Bonchev–Trinajstić information content (AvgIpc) is 3.52. The maximum atomic E-state index is 13.3. The Morgan fingerprint density at radius 3 is 1.04 bits per heavy atom. The minimum absolute atomic E-state index is 0.198. The molecule has 12 unspecified atom stereocenters. The first-order valence-corrected chi connectivity index (χ1v) is 35.3. The Labute approximate surface area is 502 Å². The molecule has 0 aliphatic carbocycles. The van der Waals surface area contributed by atoms with Gasteiger partial charge in [-0.15, -0.1) is 0 Å². The third kappa shape index (κ3) is 38.3. The second kappa shape index (κ2) is 54.2. The van der Waals surface area contributed by atoms with Crippen LogP contribution in [0.1, 0.15) is 335 Å². The Morgan fingerprint density at radius 2 is 0.695 bits per heavy atom. The highest BCUT2D eigenvalue weighted by Crippen LogP contribution is 2.30. The van der Waals surface area contributed by atoms with E-state index in [1.54, 1.807) is 0 Å². The molecule has 0 saturated carbocycles. The van der Waals surface area contributed by atoms with Crippen molar-refractivity contribution in [2.75, 3.05) is 19.8 Å². The molecule has 2 fully saturated rings. The Hall–Kier alpha value is -1.01. The van der Waals surface area contributed by atoms with Crippen LogP contribution in [0, 0.1) is 0 Å². The second-order valence-electron chi connectivity index (χ2n) is 25.4. The number of aliphatic hydroxyl groups excluding tert-OH is 8. The zero-order valence-electron chi connectivity index (χ0n) is 53.0. The predicted octanol–water partition coefficient (Wildman–Crippen LogP) is 14.0. The number of carbonyl (C=O) groups excluding carboxylic acids is 1. The minimum Gasteiger partial charge on any atom is -0.394 e. The molecule has 2 aliphatic rings. The quantitative estimate of drug-likeness (QED) is 0.0259. The summed E-state index contributed by atoms with van der Waals surface area (Å²) in [5.41, 5.74) is 0. The van der Waals surface area contributed by atoms with Crippen LogP contribution in [-0.4, -0.2) is 140 Å². The summed E-state index contributed by atoms with van der Waals surface area (Å²) in [5, 5.41) is 87.5. The van der Waals surface area contributed by atoms with Gasteiger partial charge in [0.2, 0.25) is 5.91 Å². The predicted molar refractivity (Wildman–Crippen MR) is 332 cm³/mol. The number of hydrogen-bond donors (Lipinski definition) is 9. The minimum atomic E-state index is -1.78. The zero-order chi connectivity index (χ0) is 59.5. The van der Waals surface area contributed by atoms with Crippen molar-refractivity contribution in [2.24, 2.45) is 0 Å². The van der Waals surface area contributed by atoms with Gasteiger partial charge in [-0.25, -0.2) is 0 Å². The highest BCUT2D eigenvalue weighted by molar-refractivity contribution is 5.76. The molecule has 0 bridgehead atoms. The molecular weight excluding hydrogens is 1040 g/mol. The van der Waals surface area contributed by atoms with Crippen LogP contribution in [-0.2, 0) is 23.7 Å². The zero-order valence-corrected chi connectivity index (χ0v) is 53.0. The number of hydrogen-bond acceptors (Lipinski definition) is 13. The van der Waals surface area contributed by atoms with E-state index in [1.807, 2.05) is 0 Å². The summed E-state index contributed by atoms with van der Waals surface area (Å²) in [4.78, 5) is 13.3. The van der Waals surface area contributed by atoms with Crippen LogP contribution in [0.2, 0.25) is 0 Å². The molecule has 14 nitrogen and oxygen atoms in total. The molecule has 9 N–H and O–H groups in total. The molecule has 0 aromatic heterocycles. The van der Waals surface area contributed by atoms with E-state index in [9.17, 15) is 45.6 Å². The summed E-state index contributed by atoms with van der Waals surface area (Å²) in [7, 11) is 0. The van der Waals surface area contributed by atoms with Gasteiger partial charge in [0, 0.05) is 6.42 Å². The Kier molecular flexibility index (Phi) is 50.9. The van der Waals surface area contributed by atoms with E-state index in [0.717, 1.165) is 51.4 Å². The summed E-state index contributed by atoms with van der Waals surface area (Å²) in [6.07, 6.45) is 47.1. The van der Waals surface area contributed by atoms with E-state index >= 15 is 0 Å². The number of amides is 1. The molecule has 488 valence electrons. The number of carbonyl (C=O) groups is 1. The van der Waals surface area contributed by atoms with Gasteiger partial charge in [-0.05, 0) is 12.8 Å². The molecule has 0 spiro atoms. The molecule has 2 saturated heterocycles. The van der Waals surface area contributed by atoms with E-state index in [1.165, 1.54) is 257 Å². The van der Waals surface area contributed by atoms with Crippen molar-refractivity contribution in [2.45, 2.75) is 408 Å². The first-order chi connectivity index (χ1) is 40.1. The molecule has 2 rings (SSSR count). The molecular formula is C68H133NO13. The molecule has 14 heteroatoms. The SMILES string of the molecule is CCCCCCCCCCCCCCCCCCCCCCCCCCCCCCCCCCC(=O)NC(COC1OC(CO)C(OC2OC(CO)C(O)C(O)C2O)C(O)C1O)C(O)CCCCCCCCCCCCCCCCCC. The molecule has 12 atom stereocenters. The van der Waals surface area contributed by atoms with E-state index < -0.39 is 86.8 Å². The summed E-state index contributed by atoms with van der Waals surface area (Å²) >= 11 is 0. The number of nitrogens with one attached hydrogen (secondary N) is 1. The molecule has 0 aromatic rings. The molecule has 2 heterocycles. The number of ether oxygens (including phenoxy) is 4. The first-order valence-electron chi connectivity index (χ1n) is 35.3. The molecule has 1 amide bonds. The Morgan fingerprint density at radius 1 is 0.390 bits per heavy atom. The monoisotopic (exact) mass is 1170 g/mol. The highest BCUT2D eigenvalue weighted by atomic mass is 16.7. The Balaban J connectivity index is 1.61. The molecule has 0 aromatic carbocycles. The van der Waals surface area contributed by atoms with Crippen molar-refractivity contribution in [3.63, 3.8) is 0 Å². The summed E-state index contributed by atoms with van der Waals surface area (Å²) < 4.78 is 22.9. The summed E-state index contributed by atoms with van der Waals surface area (Å²) in [6, 6.07) is -0.823. The lowest BCUT2D eigenvalue weighted by molar-refractivity contribution is -0.359. The van der Waals surface area contributed by atoms with Crippen molar-refractivity contribution in [3.8, 4) is 0 Å². The largest absolute Gasteiger partial charge is 0.394 e. The second-order valence-corrected chi connectivity index (χ2v) is 25.4. The average molecular weight is 1170 g/mol. The molecule has 82 heavy (non-hydrogen) atoms. The van der Waals surface area contributed by atoms with Crippen molar-refractivity contribution in [3.05, 3.63) is 0 Å². The number of unbranched alkanes of at least 4 members (excludes halogenated alkanes) is 46.